The zero-order valence-electron chi connectivity index (χ0n) is 14.2. The summed E-state index contributed by atoms with van der Waals surface area (Å²) in [6.45, 7) is 1.66. The van der Waals surface area contributed by atoms with E-state index in [9.17, 15) is 30.7 Å². The number of ether oxygens (including phenoxy) is 1. The average Bonchev–Trinajstić information content (AvgIpc) is 2.43. The van der Waals surface area contributed by atoms with E-state index >= 15 is 0 Å². The second kappa shape index (κ2) is 9.89. The molecule has 0 heterocycles. The van der Waals surface area contributed by atoms with E-state index in [1.165, 1.54) is 0 Å². The normalized spacial score (nSPS) is 41.4. The van der Waals surface area contributed by atoms with Gasteiger partial charge in [0.05, 0.1) is 6.10 Å². The lowest BCUT2D eigenvalue weighted by Gasteiger charge is -2.40. The van der Waals surface area contributed by atoms with Crippen molar-refractivity contribution in [2.45, 2.75) is 75.7 Å². The van der Waals surface area contributed by atoms with E-state index in [1.54, 1.807) is 19.1 Å². The van der Waals surface area contributed by atoms with Gasteiger partial charge in [0.25, 0.3) is 0 Å². The van der Waals surface area contributed by atoms with Gasteiger partial charge in [0.2, 0.25) is 0 Å². The number of hydrogen-bond acceptors (Lipinski definition) is 1. The van der Waals surface area contributed by atoms with E-state index in [0.29, 0.717) is 0 Å². The van der Waals surface area contributed by atoms with Gasteiger partial charge in [-0.05, 0) is 25.7 Å². The predicted molar refractivity (Wildman–Crippen MR) is 81.8 cm³/mol. The van der Waals surface area contributed by atoms with E-state index in [1.807, 2.05) is 0 Å². The molecule has 4 N–H and O–H groups in total. The Kier molecular flexibility index (Phi) is 9.56. The van der Waals surface area contributed by atoms with Crippen molar-refractivity contribution >= 4 is 0 Å². The Hall–Kier alpha value is -0.870. The first-order chi connectivity index (χ1) is 11.2. The summed E-state index contributed by atoms with van der Waals surface area (Å²) in [5.74, 6) is -2.82. The molecule has 0 amide bonds. The molecule has 156 valence electrons. The van der Waals surface area contributed by atoms with Crippen molar-refractivity contribution in [1.82, 2.24) is 0 Å². The first kappa shape index (κ1) is 25.1. The topological polar surface area (TPSA) is 72.2 Å². The van der Waals surface area contributed by atoms with Gasteiger partial charge in [0, 0.05) is 12.8 Å². The summed E-state index contributed by atoms with van der Waals surface area (Å²) in [4.78, 5) is 0. The van der Waals surface area contributed by atoms with Gasteiger partial charge in [-0.1, -0.05) is 12.2 Å². The molecule has 10 heteroatoms. The van der Waals surface area contributed by atoms with Crippen LogP contribution < -0.4 is 0 Å². The van der Waals surface area contributed by atoms with Gasteiger partial charge in [-0.25, -0.2) is 22.0 Å². The monoisotopic (exact) mass is 398 g/mol. The minimum atomic E-state index is -4.22. The first-order valence-electron chi connectivity index (χ1n) is 8.04. The Bertz CT molecular complexity index is 428. The van der Waals surface area contributed by atoms with Crippen LogP contribution in [-0.4, -0.2) is 54.0 Å². The standard InChI is InChI=1S/C16H21F7O.2H2O/c1-2-3-8-4-10(17)14(11(18)5-8)16(22,23)24-9-6-12(19)15(21)13(20)7-9;;/h2-3,8-15H,4-7H2,1H3;2*1H2/b3-2+;;. The maximum Gasteiger partial charge on any atom is 0.364 e. The molecule has 0 aliphatic heterocycles. The Morgan fingerprint density at radius 2 is 1.27 bits per heavy atom. The summed E-state index contributed by atoms with van der Waals surface area (Å²) >= 11 is 0. The average molecular weight is 398 g/mol. The van der Waals surface area contributed by atoms with E-state index in [2.05, 4.69) is 4.74 Å². The van der Waals surface area contributed by atoms with Crippen LogP contribution in [0.3, 0.4) is 0 Å². The largest absolute Gasteiger partial charge is 0.412 e. The second-order valence-electron chi connectivity index (χ2n) is 6.56. The lowest BCUT2D eigenvalue weighted by Crippen LogP contribution is -2.51. The zero-order valence-corrected chi connectivity index (χ0v) is 14.2. The van der Waals surface area contributed by atoms with Gasteiger partial charge in [-0.2, -0.15) is 8.78 Å². The van der Waals surface area contributed by atoms with Crippen LogP contribution in [-0.2, 0) is 4.74 Å². The molecule has 2 aliphatic carbocycles. The van der Waals surface area contributed by atoms with Gasteiger partial charge < -0.3 is 15.7 Å². The molecule has 26 heavy (non-hydrogen) atoms. The van der Waals surface area contributed by atoms with Gasteiger partial charge >= 0.3 is 6.11 Å². The van der Waals surface area contributed by atoms with Crippen LogP contribution in [0.2, 0.25) is 0 Å². The fourth-order valence-corrected chi connectivity index (χ4v) is 3.53. The lowest BCUT2D eigenvalue weighted by molar-refractivity contribution is -0.322. The summed E-state index contributed by atoms with van der Waals surface area (Å²) < 4.78 is 101. The fourth-order valence-electron chi connectivity index (χ4n) is 3.53. The number of hydrogen-bond donors (Lipinski definition) is 0. The second-order valence-corrected chi connectivity index (χ2v) is 6.56. The minimum Gasteiger partial charge on any atom is -0.412 e. The van der Waals surface area contributed by atoms with Crippen LogP contribution in [0.5, 0.6) is 0 Å². The van der Waals surface area contributed by atoms with E-state index in [-0.39, 0.29) is 23.8 Å². The van der Waals surface area contributed by atoms with Crippen LogP contribution in [0.25, 0.3) is 0 Å². The van der Waals surface area contributed by atoms with Crippen LogP contribution in [0.1, 0.15) is 32.6 Å². The Labute approximate surface area is 147 Å². The molecular weight excluding hydrogens is 373 g/mol. The molecule has 0 aromatic carbocycles. The maximum absolute atomic E-state index is 14.2. The summed E-state index contributed by atoms with van der Waals surface area (Å²) in [5.41, 5.74) is 0. The van der Waals surface area contributed by atoms with Crippen molar-refractivity contribution in [2.24, 2.45) is 11.8 Å². The third-order valence-electron chi connectivity index (χ3n) is 4.68. The van der Waals surface area contributed by atoms with Crippen molar-refractivity contribution < 1.29 is 46.4 Å². The highest BCUT2D eigenvalue weighted by atomic mass is 19.3. The summed E-state index contributed by atoms with van der Waals surface area (Å²) in [5, 5.41) is 0. The molecule has 4 unspecified atom stereocenters. The summed E-state index contributed by atoms with van der Waals surface area (Å²) in [6.07, 6.45) is -16.0. The Morgan fingerprint density at radius 1 is 0.808 bits per heavy atom. The summed E-state index contributed by atoms with van der Waals surface area (Å²) in [6, 6.07) is 0. The Balaban J connectivity index is 0.00000312. The van der Waals surface area contributed by atoms with Gasteiger partial charge in [0.1, 0.15) is 30.6 Å². The van der Waals surface area contributed by atoms with Crippen molar-refractivity contribution in [3.8, 4) is 0 Å². The molecule has 3 nitrogen and oxygen atoms in total. The van der Waals surface area contributed by atoms with Crippen LogP contribution in [0.15, 0.2) is 12.2 Å². The number of rotatable bonds is 4. The highest BCUT2D eigenvalue weighted by molar-refractivity contribution is 4.98. The van der Waals surface area contributed by atoms with Crippen LogP contribution in [0, 0.1) is 11.8 Å². The molecule has 4 atom stereocenters. The molecule has 2 saturated carbocycles. The maximum atomic E-state index is 14.2. The summed E-state index contributed by atoms with van der Waals surface area (Å²) in [7, 11) is 0. The van der Waals surface area contributed by atoms with Crippen molar-refractivity contribution in [3.05, 3.63) is 12.2 Å². The van der Waals surface area contributed by atoms with Crippen LogP contribution >= 0.6 is 0 Å². The van der Waals surface area contributed by atoms with Gasteiger partial charge in [0.15, 0.2) is 6.17 Å². The fraction of sp³-hybridized carbons (Fsp3) is 0.875. The quantitative estimate of drug-likeness (QED) is 0.528. The van der Waals surface area contributed by atoms with E-state index in [4.69, 9.17) is 0 Å². The molecule has 0 aromatic heterocycles. The van der Waals surface area contributed by atoms with Crippen LogP contribution in [0.4, 0.5) is 30.7 Å². The van der Waals surface area contributed by atoms with Crippen molar-refractivity contribution in [3.63, 3.8) is 0 Å². The zero-order chi connectivity index (χ0) is 18.1. The lowest BCUT2D eigenvalue weighted by atomic mass is 9.78. The van der Waals surface area contributed by atoms with Gasteiger partial charge in [-0.15, -0.1) is 0 Å². The molecule has 2 rings (SSSR count). The molecule has 0 bridgehead atoms. The number of halogens is 7. The molecular formula is C16H25F7O3. The molecule has 0 radical (unpaired) electrons. The highest BCUT2D eigenvalue weighted by Crippen LogP contribution is 2.45. The minimum absolute atomic E-state index is 0. The first-order valence-corrected chi connectivity index (χ1v) is 8.04. The molecule has 0 saturated heterocycles. The molecule has 0 aromatic rings. The molecule has 0 spiro atoms. The van der Waals surface area contributed by atoms with Crippen molar-refractivity contribution in [1.29, 1.82) is 0 Å². The molecule has 2 fully saturated rings. The SMILES string of the molecule is C/C=C/C1CC(F)C(C(F)(F)OC2CC(F)C(F)C(F)C2)C(F)C1.O.O. The predicted octanol–water partition coefficient (Wildman–Crippen LogP) is 3.40. The Morgan fingerprint density at radius 3 is 1.69 bits per heavy atom. The highest BCUT2D eigenvalue weighted by Gasteiger charge is 2.55. The van der Waals surface area contributed by atoms with E-state index in [0.717, 1.165) is 0 Å². The molecule has 2 aliphatic rings. The number of alkyl halides is 7. The van der Waals surface area contributed by atoms with E-state index < -0.39 is 67.7 Å². The third-order valence-corrected chi connectivity index (χ3v) is 4.68. The smallest absolute Gasteiger partial charge is 0.364 e. The number of allylic oxidation sites excluding steroid dienone is 2. The third kappa shape index (κ3) is 5.56. The van der Waals surface area contributed by atoms with Gasteiger partial charge in [-0.3, -0.25) is 0 Å². The van der Waals surface area contributed by atoms with Crippen molar-refractivity contribution in [2.75, 3.05) is 0 Å².